The average Bonchev–Trinajstić information content (AvgIpc) is 2.53. The lowest BCUT2D eigenvalue weighted by Crippen LogP contribution is -2.42. The summed E-state index contributed by atoms with van der Waals surface area (Å²) in [5.41, 5.74) is 0.833. The summed E-state index contributed by atoms with van der Waals surface area (Å²) in [5, 5.41) is 5.51. The molecule has 0 bridgehead atoms. The molecule has 2 N–H and O–H groups in total. The number of cyclic esters (lactones) is 2. The van der Waals surface area contributed by atoms with Crippen LogP contribution in [0.4, 0.5) is 5.69 Å². The predicted molar refractivity (Wildman–Crippen MR) is 88.6 cm³/mol. The van der Waals surface area contributed by atoms with Crippen LogP contribution >= 0.6 is 0 Å². The molecule has 1 aromatic carbocycles. The lowest BCUT2D eigenvalue weighted by molar-refractivity contribution is -0.222. The van der Waals surface area contributed by atoms with Crippen LogP contribution < -0.4 is 10.6 Å². The van der Waals surface area contributed by atoms with Crippen LogP contribution in [0.5, 0.6) is 0 Å². The third-order valence-corrected chi connectivity index (χ3v) is 3.24. The fourth-order valence-corrected chi connectivity index (χ4v) is 2.02. The first-order valence-corrected chi connectivity index (χ1v) is 7.63. The maximum absolute atomic E-state index is 11.9. The number of esters is 2. The average molecular weight is 348 g/mol. The van der Waals surface area contributed by atoms with E-state index in [1.54, 1.807) is 31.4 Å². The Hall–Kier alpha value is -2.87. The van der Waals surface area contributed by atoms with Crippen molar-refractivity contribution in [3.63, 3.8) is 0 Å². The third-order valence-electron chi connectivity index (χ3n) is 3.24. The van der Waals surface area contributed by atoms with Crippen molar-refractivity contribution >= 4 is 23.5 Å². The molecule has 2 rings (SSSR count). The number of anilines is 1. The first-order chi connectivity index (χ1) is 11.8. The van der Waals surface area contributed by atoms with Crippen LogP contribution in [0.2, 0.25) is 0 Å². The van der Waals surface area contributed by atoms with Gasteiger partial charge >= 0.3 is 11.9 Å². The molecule has 8 heteroatoms. The summed E-state index contributed by atoms with van der Waals surface area (Å²) in [6.07, 6.45) is 1.22. The Bertz CT molecular complexity index is 672. The Morgan fingerprint density at radius 1 is 1.16 bits per heavy atom. The lowest BCUT2D eigenvalue weighted by Gasteiger charge is -2.29. The molecule has 1 amide bonds. The van der Waals surface area contributed by atoms with Gasteiger partial charge in [-0.25, -0.2) is 9.59 Å². The summed E-state index contributed by atoms with van der Waals surface area (Å²) in [5.74, 6) is -3.02. The number of hydrogen-bond donors (Lipinski definition) is 2. The summed E-state index contributed by atoms with van der Waals surface area (Å²) >= 11 is 0. The van der Waals surface area contributed by atoms with E-state index in [2.05, 4.69) is 10.6 Å². The van der Waals surface area contributed by atoms with Gasteiger partial charge in [0.25, 0.3) is 11.7 Å². The zero-order valence-electron chi connectivity index (χ0n) is 14.3. The number of amides is 1. The fourth-order valence-electron chi connectivity index (χ4n) is 2.02. The zero-order valence-corrected chi connectivity index (χ0v) is 14.3. The minimum absolute atomic E-state index is 0.219. The molecule has 134 valence electrons. The number of methoxy groups -OCH3 is 1. The van der Waals surface area contributed by atoms with Crippen LogP contribution in [-0.4, -0.2) is 43.9 Å². The minimum Gasteiger partial charge on any atom is -0.419 e. The molecule has 8 nitrogen and oxygen atoms in total. The van der Waals surface area contributed by atoms with Gasteiger partial charge in [-0.2, -0.15) is 0 Å². The van der Waals surface area contributed by atoms with E-state index in [0.717, 1.165) is 0 Å². The summed E-state index contributed by atoms with van der Waals surface area (Å²) in [4.78, 5) is 35.5. The van der Waals surface area contributed by atoms with E-state index in [9.17, 15) is 14.4 Å². The summed E-state index contributed by atoms with van der Waals surface area (Å²) in [6.45, 7) is 3.80. The van der Waals surface area contributed by atoms with Crippen molar-refractivity contribution in [2.75, 3.05) is 25.6 Å². The number of ether oxygens (including phenoxy) is 3. The summed E-state index contributed by atoms with van der Waals surface area (Å²) in [7, 11) is 1.56. The first-order valence-electron chi connectivity index (χ1n) is 7.63. The van der Waals surface area contributed by atoms with Crippen LogP contribution in [0.3, 0.4) is 0 Å². The quantitative estimate of drug-likeness (QED) is 0.344. The van der Waals surface area contributed by atoms with Crippen LogP contribution in [0.1, 0.15) is 24.2 Å². The topological polar surface area (TPSA) is 103 Å². The van der Waals surface area contributed by atoms with Crippen molar-refractivity contribution in [1.29, 1.82) is 0 Å². The van der Waals surface area contributed by atoms with Gasteiger partial charge in [0.2, 0.25) is 0 Å². The van der Waals surface area contributed by atoms with E-state index in [4.69, 9.17) is 14.2 Å². The van der Waals surface area contributed by atoms with E-state index in [0.29, 0.717) is 24.4 Å². The minimum atomic E-state index is -1.27. The molecule has 0 radical (unpaired) electrons. The highest BCUT2D eigenvalue weighted by Gasteiger charge is 2.38. The van der Waals surface area contributed by atoms with Crippen molar-refractivity contribution < 1.29 is 28.6 Å². The zero-order chi connectivity index (χ0) is 18.4. The molecule has 0 spiro atoms. The monoisotopic (exact) mass is 348 g/mol. The van der Waals surface area contributed by atoms with Gasteiger partial charge < -0.3 is 24.8 Å². The molecule has 1 heterocycles. The summed E-state index contributed by atoms with van der Waals surface area (Å²) < 4.78 is 14.8. The Kier molecular flexibility index (Phi) is 5.76. The lowest BCUT2D eigenvalue weighted by atomic mass is 10.2. The Morgan fingerprint density at radius 2 is 1.76 bits per heavy atom. The molecular formula is C17H20N2O6. The molecule has 0 aromatic heterocycles. The maximum atomic E-state index is 11.9. The molecular weight excluding hydrogens is 328 g/mol. The van der Waals surface area contributed by atoms with E-state index >= 15 is 0 Å². The maximum Gasteiger partial charge on any atom is 0.350 e. The van der Waals surface area contributed by atoms with Gasteiger partial charge in [-0.1, -0.05) is 0 Å². The van der Waals surface area contributed by atoms with Gasteiger partial charge in [0, 0.05) is 45.0 Å². The van der Waals surface area contributed by atoms with Crippen molar-refractivity contribution in [3.8, 4) is 0 Å². The van der Waals surface area contributed by atoms with Crippen LogP contribution in [0, 0.1) is 0 Å². The highest BCUT2D eigenvalue weighted by Crippen LogP contribution is 2.22. The van der Waals surface area contributed by atoms with E-state index in [-0.39, 0.29) is 11.5 Å². The highest BCUT2D eigenvalue weighted by atomic mass is 16.7. The second kappa shape index (κ2) is 7.80. The van der Waals surface area contributed by atoms with Gasteiger partial charge in [0.15, 0.2) is 5.57 Å². The Morgan fingerprint density at radius 3 is 2.32 bits per heavy atom. The van der Waals surface area contributed by atoms with Crippen LogP contribution in [0.15, 0.2) is 36.0 Å². The van der Waals surface area contributed by atoms with Gasteiger partial charge in [0.05, 0.1) is 6.61 Å². The summed E-state index contributed by atoms with van der Waals surface area (Å²) in [6, 6.07) is 6.52. The smallest absolute Gasteiger partial charge is 0.350 e. The van der Waals surface area contributed by atoms with Crippen LogP contribution in [0.25, 0.3) is 0 Å². The molecule has 0 saturated carbocycles. The molecule has 1 fully saturated rings. The van der Waals surface area contributed by atoms with Gasteiger partial charge in [-0.15, -0.1) is 0 Å². The first kappa shape index (κ1) is 18.5. The number of rotatable bonds is 6. The Labute approximate surface area is 145 Å². The highest BCUT2D eigenvalue weighted by molar-refractivity contribution is 6.15. The molecule has 1 saturated heterocycles. The fraction of sp³-hybridized carbons (Fsp3) is 0.353. The molecule has 0 unspecified atom stereocenters. The molecule has 25 heavy (non-hydrogen) atoms. The normalized spacial score (nSPS) is 15.9. The van der Waals surface area contributed by atoms with E-state index < -0.39 is 17.7 Å². The number of carbonyl (C=O) groups is 3. The molecule has 1 aromatic rings. The number of hydrogen-bond acceptors (Lipinski definition) is 7. The van der Waals surface area contributed by atoms with Gasteiger partial charge in [0.1, 0.15) is 0 Å². The number of carbonyl (C=O) groups excluding carboxylic acids is 3. The third kappa shape index (κ3) is 5.05. The molecule has 1 aliphatic rings. The predicted octanol–water partition coefficient (Wildman–Crippen LogP) is 1.19. The standard InChI is InChI=1S/C17H20N2O6/c1-17(2)24-15(21)13(16(22)25-17)10-19-12-6-4-11(5-7-12)14(20)18-8-9-23-3/h4-7,10,19H,8-9H2,1-3H3,(H,18,20). The molecule has 0 atom stereocenters. The van der Waals surface area contributed by atoms with Gasteiger partial charge in [-0.3, -0.25) is 4.79 Å². The van der Waals surface area contributed by atoms with Crippen molar-refractivity contribution in [3.05, 3.63) is 41.6 Å². The van der Waals surface area contributed by atoms with E-state index in [1.807, 2.05) is 0 Å². The van der Waals surface area contributed by atoms with Crippen molar-refractivity contribution in [2.45, 2.75) is 19.6 Å². The molecule has 1 aliphatic heterocycles. The SMILES string of the molecule is COCCNC(=O)c1ccc(NC=C2C(=O)OC(C)(C)OC2=O)cc1. The van der Waals surface area contributed by atoms with Crippen molar-refractivity contribution in [1.82, 2.24) is 5.32 Å². The van der Waals surface area contributed by atoms with Gasteiger partial charge in [-0.05, 0) is 24.3 Å². The largest absolute Gasteiger partial charge is 0.419 e. The Balaban J connectivity index is 1.98. The molecule has 0 aliphatic carbocycles. The van der Waals surface area contributed by atoms with Crippen molar-refractivity contribution in [2.24, 2.45) is 0 Å². The second-order valence-electron chi connectivity index (χ2n) is 5.71. The number of nitrogens with one attached hydrogen (secondary N) is 2. The van der Waals surface area contributed by atoms with E-state index in [1.165, 1.54) is 20.0 Å². The van der Waals surface area contributed by atoms with Crippen LogP contribution in [-0.2, 0) is 23.8 Å². The number of benzene rings is 1. The second-order valence-corrected chi connectivity index (χ2v) is 5.71.